The van der Waals surface area contributed by atoms with E-state index in [9.17, 15) is 4.79 Å². The number of hydrogen-bond acceptors (Lipinski definition) is 2. The Morgan fingerprint density at radius 3 is 2.47 bits per heavy atom. The van der Waals surface area contributed by atoms with Gasteiger partial charge in [-0.05, 0) is 30.7 Å². The Bertz CT molecular complexity index is 351. The molecule has 0 fully saturated rings. The zero-order valence-electron chi connectivity index (χ0n) is 10.0. The molecule has 1 N–H and O–H groups in total. The van der Waals surface area contributed by atoms with Gasteiger partial charge in [-0.15, -0.1) is 0 Å². The van der Waals surface area contributed by atoms with Gasteiger partial charge in [0, 0.05) is 18.1 Å². The molecule has 0 bridgehead atoms. The quantitative estimate of drug-likeness (QED) is 0.814. The first-order chi connectivity index (χ1) is 8.11. The summed E-state index contributed by atoms with van der Waals surface area (Å²) in [6.45, 7) is 4.37. The molecular formula is C13H18ClNO2. The molecule has 0 spiro atoms. The third kappa shape index (κ3) is 5.71. The fraction of sp³-hybridized carbons (Fsp3) is 0.462. The van der Waals surface area contributed by atoms with Crippen molar-refractivity contribution < 1.29 is 9.90 Å². The lowest BCUT2D eigenvalue weighted by molar-refractivity contribution is -0.137. The maximum Gasteiger partial charge on any atom is 0.304 e. The zero-order valence-corrected chi connectivity index (χ0v) is 10.8. The van der Waals surface area contributed by atoms with Gasteiger partial charge in [0.1, 0.15) is 0 Å². The second kappa shape index (κ2) is 7.30. The molecule has 94 valence electrons. The number of carboxylic acid groups (broad SMARTS) is 1. The minimum Gasteiger partial charge on any atom is -0.481 e. The minimum atomic E-state index is -0.748. The number of carboxylic acids is 1. The standard InChI is InChI=1S/C13H18ClNO2/c1-2-8-15(9-7-13(16)17)10-11-3-5-12(14)6-4-11/h3-6H,2,7-10H2,1H3,(H,16,17). The third-order valence-corrected chi connectivity index (χ3v) is 2.75. The fourth-order valence-corrected chi connectivity index (χ4v) is 1.81. The highest BCUT2D eigenvalue weighted by Gasteiger charge is 2.07. The Morgan fingerprint density at radius 2 is 1.94 bits per heavy atom. The molecule has 1 rings (SSSR count). The predicted molar refractivity (Wildman–Crippen MR) is 69.3 cm³/mol. The number of benzene rings is 1. The number of hydrogen-bond donors (Lipinski definition) is 1. The van der Waals surface area contributed by atoms with Gasteiger partial charge in [-0.2, -0.15) is 0 Å². The van der Waals surface area contributed by atoms with Crippen LogP contribution in [0.25, 0.3) is 0 Å². The Labute approximate surface area is 107 Å². The van der Waals surface area contributed by atoms with Crippen LogP contribution in [0.5, 0.6) is 0 Å². The van der Waals surface area contributed by atoms with Crippen LogP contribution in [0.3, 0.4) is 0 Å². The van der Waals surface area contributed by atoms with Gasteiger partial charge < -0.3 is 5.11 Å². The van der Waals surface area contributed by atoms with Crippen molar-refractivity contribution in [2.75, 3.05) is 13.1 Å². The molecule has 0 saturated carbocycles. The maximum atomic E-state index is 10.6. The van der Waals surface area contributed by atoms with E-state index in [4.69, 9.17) is 16.7 Å². The number of rotatable bonds is 7. The lowest BCUT2D eigenvalue weighted by Crippen LogP contribution is -2.26. The number of halogens is 1. The van der Waals surface area contributed by atoms with Crippen LogP contribution in [0.4, 0.5) is 0 Å². The summed E-state index contributed by atoms with van der Waals surface area (Å²) in [6, 6.07) is 7.67. The van der Waals surface area contributed by atoms with Crippen molar-refractivity contribution >= 4 is 17.6 Å². The number of carbonyl (C=O) groups is 1. The van der Waals surface area contributed by atoms with Gasteiger partial charge in [0.25, 0.3) is 0 Å². The van der Waals surface area contributed by atoms with Gasteiger partial charge >= 0.3 is 5.97 Å². The highest BCUT2D eigenvalue weighted by Crippen LogP contribution is 2.12. The summed E-state index contributed by atoms with van der Waals surface area (Å²) in [5.74, 6) is -0.748. The zero-order chi connectivity index (χ0) is 12.7. The van der Waals surface area contributed by atoms with Crippen LogP contribution in [0.15, 0.2) is 24.3 Å². The molecule has 0 unspecified atom stereocenters. The van der Waals surface area contributed by atoms with Crippen molar-refractivity contribution in [1.29, 1.82) is 0 Å². The lowest BCUT2D eigenvalue weighted by atomic mass is 10.2. The Balaban J connectivity index is 2.53. The Hall–Kier alpha value is -1.06. The molecule has 1 aromatic carbocycles. The highest BCUT2D eigenvalue weighted by molar-refractivity contribution is 6.30. The summed E-state index contributed by atoms with van der Waals surface area (Å²) < 4.78 is 0. The van der Waals surface area contributed by atoms with E-state index in [1.165, 1.54) is 0 Å². The second-order valence-electron chi connectivity index (χ2n) is 4.05. The molecule has 0 aliphatic heterocycles. The number of nitrogens with zero attached hydrogens (tertiary/aromatic N) is 1. The van der Waals surface area contributed by atoms with E-state index in [1.54, 1.807) is 0 Å². The predicted octanol–water partition coefficient (Wildman–Crippen LogP) is 3.03. The molecule has 3 nitrogen and oxygen atoms in total. The van der Waals surface area contributed by atoms with Crippen LogP contribution in [0.1, 0.15) is 25.3 Å². The van der Waals surface area contributed by atoms with Gasteiger partial charge in [0.15, 0.2) is 0 Å². The smallest absolute Gasteiger partial charge is 0.304 e. The van der Waals surface area contributed by atoms with E-state index in [-0.39, 0.29) is 6.42 Å². The molecular weight excluding hydrogens is 238 g/mol. The summed E-state index contributed by atoms with van der Waals surface area (Å²) >= 11 is 5.82. The van der Waals surface area contributed by atoms with Gasteiger partial charge in [0.2, 0.25) is 0 Å². The first-order valence-electron chi connectivity index (χ1n) is 5.80. The van der Waals surface area contributed by atoms with Crippen molar-refractivity contribution in [3.63, 3.8) is 0 Å². The summed E-state index contributed by atoms with van der Waals surface area (Å²) in [4.78, 5) is 12.7. The molecule has 0 saturated heterocycles. The van der Waals surface area contributed by atoms with Crippen LogP contribution in [-0.4, -0.2) is 29.1 Å². The molecule has 0 heterocycles. The average Bonchev–Trinajstić information content (AvgIpc) is 2.29. The molecule has 1 aromatic rings. The van der Waals surface area contributed by atoms with Crippen LogP contribution in [-0.2, 0) is 11.3 Å². The van der Waals surface area contributed by atoms with Crippen molar-refractivity contribution in [3.05, 3.63) is 34.9 Å². The normalized spacial score (nSPS) is 10.8. The average molecular weight is 256 g/mol. The van der Waals surface area contributed by atoms with E-state index in [1.807, 2.05) is 24.3 Å². The molecule has 0 amide bonds. The highest BCUT2D eigenvalue weighted by atomic mass is 35.5. The molecule has 0 aliphatic rings. The summed E-state index contributed by atoms with van der Waals surface area (Å²) in [7, 11) is 0. The Morgan fingerprint density at radius 1 is 1.29 bits per heavy atom. The SMILES string of the molecule is CCCN(CCC(=O)O)Cc1ccc(Cl)cc1. The third-order valence-electron chi connectivity index (χ3n) is 2.50. The van der Waals surface area contributed by atoms with E-state index in [0.717, 1.165) is 30.1 Å². The maximum absolute atomic E-state index is 10.6. The summed E-state index contributed by atoms with van der Waals surface area (Å²) in [6.07, 6.45) is 1.21. The summed E-state index contributed by atoms with van der Waals surface area (Å²) in [5.41, 5.74) is 1.16. The van der Waals surface area contributed by atoms with Gasteiger partial charge in [-0.25, -0.2) is 0 Å². The van der Waals surface area contributed by atoms with Crippen molar-refractivity contribution in [3.8, 4) is 0 Å². The van der Waals surface area contributed by atoms with E-state index in [0.29, 0.717) is 6.54 Å². The topological polar surface area (TPSA) is 40.5 Å². The van der Waals surface area contributed by atoms with Gasteiger partial charge in [0.05, 0.1) is 6.42 Å². The van der Waals surface area contributed by atoms with Crippen molar-refractivity contribution in [2.45, 2.75) is 26.3 Å². The number of aliphatic carboxylic acids is 1. The first-order valence-corrected chi connectivity index (χ1v) is 6.18. The van der Waals surface area contributed by atoms with Gasteiger partial charge in [-0.1, -0.05) is 30.7 Å². The first kappa shape index (κ1) is 14.0. The molecule has 0 aliphatic carbocycles. The Kier molecular flexibility index (Phi) is 6.01. The summed E-state index contributed by atoms with van der Waals surface area (Å²) in [5, 5.41) is 9.41. The van der Waals surface area contributed by atoms with E-state index < -0.39 is 5.97 Å². The van der Waals surface area contributed by atoms with Crippen LogP contribution >= 0.6 is 11.6 Å². The van der Waals surface area contributed by atoms with Crippen LogP contribution < -0.4 is 0 Å². The molecule has 4 heteroatoms. The monoisotopic (exact) mass is 255 g/mol. The molecule has 0 aromatic heterocycles. The molecule has 0 atom stereocenters. The molecule has 0 radical (unpaired) electrons. The van der Waals surface area contributed by atoms with Crippen LogP contribution in [0, 0.1) is 0 Å². The van der Waals surface area contributed by atoms with Crippen molar-refractivity contribution in [2.24, 2.45) is 0 Å². The lowest BCUT2D eigenvalue weighted by Gasteiger charge is -2.20. The van der Waals surface area contributed by atoms with E-state index in [2.05, 4.69) is 11.8 Å². The van der Waals surface area contributed by atoms with Crippen LogP contribution in [0.2, 0.25) is 5.02 Å². The fourth-order valence-electron chi connectivity index (χ4n) is 1.69. The van der Waals surface area contributed by atoms with Gasteiger partial charge in [-0.3, -0.25) is 9.69 Å². The molecule has 17 heavy (non-hydrogen) atoms. The minimum absolute atomic E-state index is 0.188. The largest absolute Gasteiger partial charge is 0.481 e. The van der Waals surface area contributed by atoms with E-state index >= 15 is 0 Å². The van der Waals surface area contributed by atoms with Crippen molar-refractivity contribution in [1.82, 2.24) is 4.90 Å². The second-order valence-corrected chi connectivity index (χ2v) is 4.48.